The lowest BCUT2D eigenvalue weighted by atomic mass is 9.63. The van der Waals surface area contributed by atoms with Crippen LogP contribution in [-0.4, -0.2) is 36.2 Å². The van der Waals surface area contributed by atoms with Crippen molar-refractivity contribution >= 4 is 11.7 Å². The Morgan fingerprint density at radius 2 is 1.81 bits per heavy atom. The van der Waals surface area contributed by atoms with Crippen molar-refractivity contribution < 1.29 is 9.59 Å². The predicted molar refractivity (Wildman–Crippen MR) is 104 cm³/mol. The summed E-state index contributed by atoms with van der Waals surface area (Å²) in [5, 5.41) is 3.12. The first kappa shape index (κ1) is 19.1. The molecule has 3 rings (SSSR count). The molecule has 1 aliphatic carbocycles. The topological polar surface area (TPSA) is 49.4 Å². The monoisotopic (exact) mass is 356 g/mol. The largest absolute Gasteiger partial charge is 0.350 e. The van der Waals surface area contributed by atoms with Crippen molar-refractivity contribution in [2.24, 2.45) is 5.41 Å². The second-order valence-electron chi connectivity index (χ2n) is 9.11. The molecule has 1 spiro atoms. The van der Waals surface area contributed by atoms with Crippen LogP contribution in [0.15, 0.2) is 24.3 Å². The molecule has 1 N–H and O–H groups in total. The van der Waals surface area contributed by atoms with Gasteiger partial charge in [-0.2, -0.15) is 0 Å². The second kappa shape index (κ2) is 7.15. The smallest absolute Gasteiger partial charge is 0.217 e. The molecule has 1 saturated heterocycles. The van der Waals surface area contributed by atoms with Crippen molar-refractivity contribution in [1.82, 2.24) is 10.2 Å². The number of benzene rings is 1. The van der Waals surface area contributed by atoms with Gasteiger partial charge in [-0.3, -0.25) is 14.5 Å². The lowest BCUT2D eigenvalue weighted by Gasteiger charge is -2.47. The molecule has 0 bridgehead atoms. The Hall–Kier alpha value is -1.68. The van der Waals surface area contributed by atoms with Gasteiger partial charge in [-0.25, -0.2) is 0 Å². The third-order valence-corrected chi connectivity index (χ3v) is 6.21. The molecule has 0 saturated carbocycles. The van der Waals surface area contributed by atoms with Crippen LogP contribution in [0.5, 0.6) is 0 Å². The molecular weight excluding hydrogens is 324 g/mol. The third kappa shape index (κ3) is 3.85. The summed E-state index contributed by atoms with van der Waals surface area (Å²) in [6.45, 7) is 10.1. The summed E-state index contributed by atoms with van der Waals surface area (Å²) in [7, 11) is 0. The van der Waals surface area contributed by atoms with E-state index < -0.39 is 0 Å². The van der Waals surface area contributed by atoms with Crippen molar-refractivity contribution in [3.05, 3.63) is 35.4 Å². The average molecular weight is 357 g/mol. The summed E-state index contributed by atoms with van der Waals surface area (Å²) < 4.78 is 0. The van der Waals surface area contributed by atoms with Crippen LogP contribution in [0.2, 0.25) is 0 Å². The fraction of sp³-hybridized carbons (Fsp3) is 0.636. The number of piperidine rings is 1. The highest BCUT2D eigenvalue weighted by atomic mass is 16.1. The normalized spacial score (nSPS) is 22.7. The Bertz CT molecular complexity index is 682. The van der Waals surface area contributed by atoms with Crippen molar-refractivity contribution in [3.8, 4) is 0 Å². The number of hydrogen-bond donors (Lipinski definition) is 1. The van der Waals surface area contributed by atoms with Gasteiger partial charge in [0.25, 0.3) is 0 Å². The maximum Gasteiger partial charge on any atom is 0.217 e. The number of likely N-dealkylation sites (tertiary alicyclic amines) is 1. The van der Waals surface area contributed by atoms with Crippen molar-refractivity contribution in [2.45, 2.75) is 64.8 Å². The number of Topliss-reactive ketones (excluding diaryl/α,β-unsaturated/α-hetero) is 1. The second-order valence-corrected chi connectivity index (χ2v) is 9.11. The van der Waals surface area contributed by atoms with Crippen LogP contribution in [0.3, 0.4) is 0 Å². The van der Waals surface area contributed by atoms with Crippen LogP contribution >= 0.6 is 0 Å². The minimum Gasteiger partial charge on any atom is -0.350 e. The summed E-state index contributed by atoms with van der Waals surface area (Å²) in [6, 6.07) is 8.75. The summed E-state index contributed by atoms with van der Waals surface area (Å²) in [5.74, 6) is 0.361. The van der Waals surface area contributed by atoms with Crippen molar-refractivity contribution in [1.29, 1.82) is 0 Å². The maximum atomic E-state index is 12.4. The first-order valence-corrected chi connectivity index (χ1v) is 9.83. The van der Waals surface area contributed by atoms with Gasteiger partial charge in [0.15, 0.2) is 5.78 Å². The van der Waals surface area contributed by atoms with Gasteiger partial charge >= 0.3 is 0 Å². The van der Waals surface area contributed by atoms with E-state index in [1.165, 1.54) is 11.1 Å². The number of nitrogens with zero attached hydrogens (tertiary/aromatic N) is 1. The Labute approximate surface area is 157 Å². The molecule has 4 nitrogen and oxygen atoms in total. The number of ketones is 1. The van der Waals surface area contributed by atoms with Gasteiger partial charge in [-0.15, -0.1) is 0 Å². The molecule has 0 aromatic heterocycles. The van der Waals surface area contributed by atoms with Gasteiger partial charge in [0.05, 0.1) is 12.6 Å². The lowest BCUT2D eigenvalue weighted by molar-refractivity contribution is -0.127. The summed E-state index contributed by atoms with van der Waals surface area (Å²) >= 11 is 0. The Morgan fingerprint density at radius 1 is 1.15 bits per heavy atom. The molecule has 142 valence electrons. The van der Waals surface area contributed by atoms with E-state index >= 15 is 0 Å². The Kier molecular flexibility index (Phi) is 5.25. The number of fused-ring (bicyclic) bond motifs is 2. The van der Waals surface area contributed by atoms with Crippen molar-refractivity contribution in [2.75, 3.05) is 19.6 Å². The zero-order valence-corrected chi connectivity index (χ0v) is 16.6. The van der Waals surface area contributed by atoms with Gasteiger partial charge < -0.3 is 5.32 Å². The third-order valence-electron chi connectivity index (χ3n) is 6.21. The molecule has 1 aromatic carbocycles. The summed E-state index contributed by atoms with van der Waals surface area (Å²) in [4.78, 5) is 26.3. The van der Waals surface area contributed by atoms with Crippen LogP contribution in [0.25, 0.3) is 0 Å². The number of rotatable bonds is 3. The van der Waals surface area contributed by atoms with Gasteiger partial charge in [0, 0.05) is 12.3 Å². The minimum absolute atomic E-state index is 0.0382. The molecule has 2 aliphatic rings. The summed E-state index contributed by atoms with van der Waals surface area (Å²) in [5.41, 5.74) is 2.63. The quantitative estimate of drug-likeness (QED) is 0.900. The van der Waals surface area contributed by atoms with Crippen LogP contribution in [0.1, 0.15) is 70.5 Å². The van der Waals surface area contributed by atoms with E-state index in [4.69, 9.17) is 0 Å². The highest BCUT2D eigenvalue weighted by Gasteiger charge is 2.42. The molecule has 1 amide bonds. The highest BCUT2D eigenvalue weighted by molar-refractivity contribution is 5.85. The fourth-order valence-electron chi connectivity index (χ4n) is 4.49. The number of nitrogens with one attached hydrogen (secondary N) is 1. The van der Waals surface area contributed by atoms with Crippen LogP contribution in [0.4, 0.5) is 0 Å². The van der Waals surface area contributed by atoms with Crippen LogP contribution in [-0.2, 0) is 15.0 Å². The zero-order chi connectivity index (χ0) is 18.9. The van der Waals surface area contributed by atoms with E-state index in [9.17, 15) is 9.59 Å². The SMILES string of the molecule is CC(=O)NC1CCC2(CCN(CC(=O)C(C)(C)C)CC2)c2ccccc21. The minimum atomic E-state index is -0.266. The molecule has 1 unspecified atom stereocenters. The van der Waals surface area contributed by atoms with Crippen LogP contribution < -0.4 is 5.32 Å². The standard InChI is InChI=1S/C22H32N2O2/c1-16(25)23-19-9-10-22(18-8-6-5-7-17(18)19)11-13-24(14-12-22)15-20(26)21(2,3)4/h5-8,19H,9-15H2,1-4H3,(H,23,25). The molecule has 1 aliphatic heterocycles. The number of carbonyl (C=O) groups excluding carboxylic acids is 2. The van der Waals surface area contributed by atoms with Crippen molar-refractivity contribution in [3.63, 3.8) is 0 Å². The zero-order valence-electron chi connectivity index (χ0n) is 16.6. The van der Waals surface area contributed by atoms with E-state index in [-0.39, 0.29) is 22.8 Å². The molecule has 0 radical (unpaired) electrons. The maximum absolute atomic E-state index is 12.4. The lowest BCUT2D eigenvalue weighted by Crippen LogP contribution is -2.48. The first-order valence-electron chi connectivity index (χ1n) is 9.83. The van der Waals surface area contributed by atoms with Gasteiger partial charge in [-0.1, -0.05) is 45.0 Å². The fourth-order valence-corrected chi connectivity index (χ4v) is 4.49. The molecule has 26 heavy (non-hydrogen) atoms. The van der Waals surface area contributed by atoms with Gasteiger partial charge in [0.2, 0.25) is 5.91 Å². The van der Waals surface area contributed by atoms with E-state index in [0.29, 0.717) is 12.3 Å². The predicted octanol–water partition coefficient (Wildman–Crippen LogP) is 3.61. The Balaban J connectivity index is 1.74. The van der Waals surface area contributed by atoms with E-state index in [2.05, 4.69) is 34.5 Å². The van der Waals surface area contributed by atoms with Gasteiger partial charge in [0.1, 0.15) is 0 Å². The van der Waals surface area contributed by atoms with Gasteiger partial charge in [-0.05, 0) is 55.3 Å². The Morgan fingerprint density at radius 3 is 2.42 bits per heavy atom. The molecule has 4 heteroatoms. The number of amides is 1. The molecular formula is C22H32N2O2. The van der Waals surface area contributed by atoms with E-state index in [0.717, 1.165) is 38.8 Å². The first-order chi connectivity index (χ1) is 12.2. The number of hydrogen-bond acceptors (Lipinski definition) is 3. The highest BCUT2D eigenvalue weighted by Crippen LogP contribution is 2.47. The average Bonchev–Trinajstić information content (AvgIpc) is 2.58. The molecule has 1 atom stereocenters. The van der Waals surface area contributed by atoms with E-state index in [1.807, 2.05) is 20.8 Å². The molecule has 1 heterocycles. The molecule has 1 aromatic rings. The summed E-state index contributed by atoms with van der Waals surface area (Å²) in [6.07, 6.45) is 4.29. The van der Waals surface area contributed by atoms with Crippen LogP contribution in [0, 0.1) is 5.41 Å². The van der Waals surface area contributed by atoms with E-state index in [1.54, 1.807) is 6.92 Å². The molecule has 1 fully saturated rings. The number of carbonyl (C=O) groups is 2.